The van der Waals surface area contributed by atoms with Gasteiger partial charge < -0.3 is 19.9 Å². The van der Waals surface area contributed by atoms with Gasteiger partial charge in [0.05, 0.1) is 7.11 Å². The second-order valence-corrected chi connectivity index (χ2v) is 8.04. The Hall–Kier alpha value is -3.09. The molecule has 0 unspecified atom stereocenters. The summed E-state index contributed by atoms with van der Waals surface area (Å²) in [4.78, 5) is 29.0. The van der Waals surface area contributed by atoms with Crippen LogP contribution in [0.2, 0.25) is 0 Å². The minimum absolute atomic E-state index is 0.0551. The topological polar surface area (TPSA) is 97.8 Å². The van der Waals surface area contributed by atoms with Crippen LogP contribution < -0.4 is 10.1 Å². The highest BCUT2D eigenvalue weighted by Crippen LogP contribution is 2.29. The molecule has 0 bridgehead atoms. The van der Waals surface area contributed by atoms with Crippen molar-refractivity contribution in [2.75, 3.05) is 7.11 Å². The summed E-state index contributed by atoms with van der Waals surface area (Å²) >= 11 is 0. The van der Waals surface area contributed by atoms with Gasteiger partial charge in [-0.1, -0.05) is 50.6 Å². The lowest BCUT2D eigenvalue weighted by Gasteiger charge is -2.26. The molecule has 0 aliphatic heterocycles. The molecule has 0 radical (unpaired) electrons. The third-order valence-electron chi connectivity index (χ3n) is 5.17. The van der Waals surface area contributed by atoms with Gasteiger partial charge in [-0.2, -0.15) is 0 Å². The summed E-state index contributed by atoms with van der Waals surface area (Å²) in [7, 11) is 1.38. The summed E-state index contributed by atoms with van der Waals surface area (Å²) in [6.07, 6.45) is 2.88. The van der Waals surface area contributed by atoms with Crippen LogP contribution in [0, 0.1) is 5.92 Å². The summed E-state index contributed by atoms with van der Waals surface area (Å²) in [6, 6.07) is 10.5. The Morgan fingerprint density at radius 2 is 1.74 bits per heavy atom. The van der Waals surface area contributed by atoms with Crippen LogP contribution >= 0.6 is 0 Å². The summed E-state index contributed by atoms with van der Waals surface area (Å²) in [6.45, 7) is 7.74. The van der Waals surface area contributed by atoms with E-state index in [9.17, 15) is 14.7 Å². The second-order valence-electron chi connectivity index (χ2n) is 8.04. The number of amides is 1. The largest absolute Gasteiger partial charge is 0.503 e. The third kappa shape index (κ3) is 6.70. The van der Waals surface area contributed by atoms with Crippen molar-refractivity contribution in [2.45, 2.75) is 58.6 Å². The molecule has 1 aromatic carbocycles. The molecule has 1 amide bonds. The SMILES string of the molecule is COc1ccnc(C(=O)N[C@@H](C)C(=O)O[C@@H](C)[C@H](CCC(C)C)c2ccccc2)c1O. The van der Waals surface area contributed by atoms with Gasteiger partial charge in [-0.05, 0) is 31.7 Å². The van der Waals surface area contributed by atoms with E-state index >= 15 is 0 Å². The standard InChI is InChI=1S/C24H32N2O5/c1-15(2)11-12-19(18-9-7-6-8-10-18)17(4)31-24(29)16(3)26-23(28)21-22(27)20(30-5)13-14-25-21/h6-10,13-17,19,27H,11-12H2,1-5H3,(H,26,28)/t16-,17-,19-/m0/s1. The molecule has 3 atom stereocenters. The lowest BCUT2D eigenvalue weighted by Crippen LogP contribution is -2.41. The van der Waals surface area contributed by atoms with Crippen LogP contribution in [-0.4, -0.2) is 41.2 Å². The van der Waals surface area contributed by atoms with Crippen molar-refractivity contribution >= 4 is 11.9 Å². The number of carbonyl (C=O) groups excluding carboxylic acids is 2. The highest BCUT2D eigenvalue weighted by molar-refractivity contribution is 5.97. The summed E-state index contributed by atoms with van der Waals surface area (Å²) in [5, 5.41) is 12.6. The molecule has 2 aromatic rings. The van der Waals surface area contributed by atoms with Gasteiger partial charge in [0.1, 0.15) is 12.1 Å². The molecule has 0 aliphatic carbocycles. The first kappa shape index (κ1) is 24.2. The molecule has 2 rings (SSSR count). The van der Waals surface area contributed by atoms with E-state index in [1.54, 1.807) is 0 Å². The molecule has 0 saturated heterocycles. The third-order valence-corrected chi connectivity index (χ3v) is 5.17. The number of hydrogen-bond acceptors (Lipinski definition) is 6. The first-order chi connectivity index (χ1) is 14.7. The van der Waals surface area contributed by atoms with Crippen LogP contribution in [0.3, 0.4) is 0 Å². The van der Waals surface area contributed by atoms with E-state index < -0.39 is 17.9 Å². The van der Waals surface area contributed by atoms with Crippen molar-refractivity contribution in [3.8, 4) is 11.5 Å². The van der Waals surface area contributed by atoms with Crippen molar-refractivity contribution in [1.29, 1.82) is 0 Å². The Bertz CT molecular complexity index is 870. The quantitative estimate of drug-likeness (QED) is 0.554. The number of pyridine rings is 1. The molecule has 1 heterocycles. The number of rotatable bonds is 10. The van der Waals surface area contributed by atoms with Gasteiger partial charge in [-0.25, -0.2) is 9.78 Å². The van der Waals surface area contributed by atoms with Gasteiger partial charge in [0.2, 0.25) is 0 Å². The smallest absolute Gasteiger partial charge is 0.328 e. The van der Waals surface area contributed by atoms with Crippen LogP contribution in [0.15, 0.2) is 42.6 Å². The van der Waals surface area contributed by atoms with Gasteiger partial charge in [0.25, 0.3) is 5.91 Å². The van der Waals surface area contributed by atoms with Crippen LogP contribution in [0.4, 0.5) is 0 Å². The molecule has 1 aromatic heterocycles. The number of methoxy groups -OCH3 is 1. The number of benzene rings is 1. The number of hydrogen-bond donors (Lipinski definition) is 2. The second kappa shape index (κ2) is 11.3. The molecule has 0 fully saturated rings. The number of aromatic nitrogens is 1. The maximum atomic E-state index is 12.7. The Kier molecular flexibility index (Phi) is 8.85. The average molecular weight is 429 g/mol. The molecule has 0 aliphatic rings. The van der Waals surface area contributed by atoms with Crippen molar-refractivity contribution in [3.05, 3.63) is 53.9 Å². The van der Waals surface area contributed by atoms with Crippen molar-refractivity contribution in [1.82, 2.24) is 10.3 Å². The van der Waals surface area contributed by atoms with Crippen molar-refractivity contribution < 1.29 is 24.2 Å². The Morgan fingerprint density at radius 1 is 1.06 bits per heavy atom. The number of ether oxygens (including phenoxy) is 2. The van der Waals surface area contributed by atoms with Gasteiger partial charge in [0, 0.05) is 18.2 Å². The fourth-order valence-electron chi connectivity index (χ4n) is 3.34. The zero-order chi connectivity index (χ0) is 23.0. The zero-order valence-corrected chi connectivity index (χ0v) is 18.8. The molecule has 7 heteroatoms. The molecule has 7 nitrogen and oxygen atoms in total. The van der Waals surface area contributed by atoms with E-state index in [1.165, 1.54) is 26.3 Å². The fraction of sp³-hybridized carbons (Fsp3) is 0.458. The molecule has 31 heavy (non-hydrogen) atoms. The Morgan fingerprint density at radius 3 is 2.35 bits per heavy atom. The van der Waals surface area contributed by atoms with Crippen LogP contribution in [0.1, 0.15) is 62.5 Å². The van der Waals surface area contributed by atoms with E-state index in [0.29, 0.717) is 5.92 Å². The maximum absolute atomic E-state index is 12.7. The summed E-state index contributed by atoms with van der Waals surface area (Å²) in [5.74, 6) is -0.898. The van der Waals surface area contributed by atoms with E-state index in [0.717, 1.165) is 18.4 Å². The minimum Gasteiger partial charge on any atom is -0.503 e. The van der Waals surface area contributed by atoms with Gasteiger partial charge >= 0.3 is 5.97 Å². The fourth-order valence-corrected chi connectivity index (χ4v) is 3.34. The molecule has 168 valence electrons. The maximum Gasteiger partial charge on any atom is 0.328 e. The van der Waals surface area contributed by atoms with Crippen molar-refractivity contribution in [3.63, 3.8) is 0 Å². The van der Waals surface area contributed by atoms with Crippen LogP contribution in [0.5, 0.6) is 11.5 Å². The minimum atomic E-state index is -0.913. The molecular weight excluding hydrogens is 396 g/mol. The molecular formula is C24H32N2O5. The lowest BCUT2D eigenvalue weighted by atomic mass is 9.87. The number of nitrogens with one attached hydrogen (secondary N) is 1. The number of nitrogens with zero attached hydrogens (tertiary/aromatic N) is 1. The van der Waals surface area contributed by atoms with Crippen molar-refractivity contribution in [2.24, 2.45) is 5.92 Å². The van der Waals surface area contributed by atoms with E-state index in [-0.39, 0.29) is 29.2 Å². The lowest BCUT2D eigenvalue weighted by molar-refractivity contribution is -0.151. The Balaban J connectivity index is 2.05. The molecule has 0 spiro atoms. The van der Waals surface area contributed by atoms with E-state index in [2.05, 4.69) is 24.1 Å². The highest BCUT2D eigenvalue weighted by Gasteiger charge is 2.27. The number of carbonyl (C=O) groups is 2. The van der Waals surface area contributed by atoms with Crippen LogP contribution in [0.25, 0.3) is 0 Å². The van der Waals surface area contributed by atoms with E-state index in [1.807, 2.05) is 37.3 Å². The van der Waals surface area contributed by atoms with Gasteiger partial charge in [0.15, 0.2) is 17.2 Å². The predicted octanol–water partition coefficient (Wildman–Crippen LogP) is 4.07. The van der Waals surface area contributed by atoms with Crippen LogP contribution in [-0.2, 0) is 9.53 Å². The first-order valence-corrected chi connectivity index (χ1v) is 10.5. The first-order valence-electron chi connectivity index (χ1n) is 10.5. The highest BCUT2D eigenvalue weighted by atomic mass is 16.5. The normalized spacial score (nSPS) is 13.9. The number of esters is 1. The Labute approximate surface area is 183 Å². The zero-order valence-electron chi connectivity index (χ0n) is 18.8. The molecule has 0 saturated carbocycles. The van der Waals surface area contributed by atoms with Gasteiger partial charge in [-0.3, -0.25) is 4.79 Å². The number of aromatic hydroxyl groups is 1. The average Bonchev–Trinajstić information content (AvgIpc) is 2.74. The summed E-state index contributed by atoms with van der Waals surface area (Å²) in [5.41, 5.74) is 0.900. The predicted molar refractivity (Wildman–Crippen MR) is 118 cm³/mol. The molecule has 2 N–H and O–H groups in total. The monoisotopic (exact) mass is 428 g/mol. The van der Waals surface area contributed by atoms with E-state index in [4.69, 9.17) is 9.47 Å². The van der Waals surface area contributed by atoms with Gasteiger partial charge in [-0.15, -0.1) is 0 Å². The summed E-state index contributed by atoms with van der Waals surface area (Å²) < 4.78 is 10.7.